The summed E-state index contributed by atoms with van der Waals surface area (Å²) < 4.78 is 2.91. The summed E-state index contributed by atoms with van der Waals surface area (Å²) >= 11 is 1.30. The third-order valence-corrected chi connectivity index (χ3v) is 6.78. The maximum atomic E-state index is 13.0. The molecular weight excluding hydrogens is 414 g/mol. The molecule has 1 saturated heterocycles. The Kier molecular flexibility index (Phi) is 5.70. The fourth-order valence-electron chi connectivity index (χ4n) is 4.23. The highest BCUT2D eigenvalue weighted by atomic mass is 32.1. The first kappa shape index (κ1) is 21.3. The molecule has 0 saturated carbocycles. The first-order valence-electron chi connectivity index (χ1n) is 10.6. The number of anilines is 2. The van der Waals surface area contributed by atoms with Gasteiger partial charge in [0.2, 0.25) is 5.91 Å². The van der Waals surface area contributed by atoms with Gasteiger partial charge in [-0.25, -0.2) is 9.78 Å². The van der Waals surface area contributed by atoms with Crippen molar-refractivity contribution in [2.24, 2.45) is 0 Å². The van der Waals surface area contributed by atoms with Crippen LogP contribution in [-0.4, -0.2) is 33.1 Å². The quantitative estimate of drug-likeness (QED) is 0.658. The van der Waals surface area contributed by atoms with E-state index in [9.17, 15) is 14.4 Å². The number of nitrogens with zero attached hydrogens (tertiary/aromatic N) is 4. The van der Waals surface area contributed by atoms with Gasteiger partial charge in [-0.3, -0.25) is 18.7 Å². The number of hydrogen-bond donors (Lipinski definition) is 1. The number of rotatable bonds is 5. The molecule has 0 atom stereocenters. The van der Waals surface area contributed by atoms with Crippen LogP contribution in [0.2, 0.25) is 0 Å². The van der Waals surface area contributed by atoms with E-state index in [2.05, 4.69) is 15.2 Å². The summed E-state index contributed by atoms with van der Waals surface area (Å²) in [5.41, 5.74) is 3.24. The molecule has 3 aromatic rings. The molecule has 0 radical (unpaired) electrons. The molecule has 2 aromatic heterocycles. The predicted molar refractivity (Wildman–Crippen MR) is 125 cm³/mol. The van der Waals surface area contributed by atoms with Crippen LogP contribution in [0, 0.1) is 20.8 Å². The van der Waals surface area contributed by atoms with Gasteiger partial charge in [-0.2, -0.15) is 0 Å². The summed E-state index contributed by atoms with van der Waals surface area (Å²) in [6, 6.07) is 4.01. The van der Waals surface area contributed by atoms with Gasteiger partial charge in [0.1, 0.15) is 11.2 Å². The molecule has 164 valence electrons. The lowest BCUT2D eigenvalue weighted by Gasteiger charge is -2.14. The standard InChI is InChI=1S/C22H27N5O3S/c1-5-26-20(29)18-19(24-21(31-18)25-8-6-7-9-25)27(22(26)30)12-16(28)23-17-14(3)10-13(2)11-15(17)4/h10-11H,5-9,12H2,1-4H3,(H,23,28). The van der Waals surface area contributed by atoms with Crippen LogP contribution in [0.25, 0.3) is 10.3 Å². The third-order valence-electron chi connectivity index (χ3n) is 5.69. The van der Waals surface area contributed by atoms with E-state index in [-0.39, 0.29) is 24.6 Å². The van der Waals surface area contributed by atoms with Gasteiger partial charge in [0.25, 0.3) is 5.56 Å². The molecule has 8 nitrogen and oxygen atoms in total. The SMILES string of the molecule is CCn1c(=O)c2sc(N3CCCC3)nc2n(CC(=O)Nc2c(C)cc(C)cc2C)c1=O. The van der Waals surface area contributed by atoms with Crippen molar-refractivity contribution in [1.29, 1.82) is 0 Å². The molecule has 1 amide bonds. The lowest BCUT2D eigenvalue weighted by molar-refractivity contribution is -0.116. The summed E-state index contributed by atoms with van der Waals surface area (Å²) in [5.74, 6) is -0.324. The van der Waals surface area contributed by atoms with Crippen molar-refractivity contribution in [2.45, 2.75) is 53.6 Å². The van der Waals surface area contributed by atoms with Crippen LogP contribution in [0.4, 0.5) is 10.8 Å². The van der Waals surface area contributed by atoms with Gasteiger partial charge in [0.15, 0.2) is 10.8 Å². The average Bonchev–Trinajstić information content (AvgIpc) is 3.38. The van der Waals surface area contributed by atoms with Crippen LogP contribution >= 0.6 is 11.3 Å². The molecule has 0 unspecified atom stereocenters. The Labute approximate surface area is 184 Å². The van der Waals surface area contributed by atoms with Gasteiger partial charge >= 0.3 is 5.69 Å². The van der Waals surface area contributed by atoms with Gasteiger partial charge in [-0.05, 0) is 51.7 Å². The molecule has 9 heteroatoms. The number of hydrogen-bond acceptors (Lipinski definition) is 6. The van der Waals surface area contributed by atoms with Crippen molar-refractivity contribution in [1.82, 2.24) is 14.1 Å². The third kappa shape index (κ3) is 3.89. The summed E-state index contributed by atoms with van der Waals surface area (Å²) in [6.45, 7) is 9.46. The van der Waals surface area contributed by atoms with E-state index in [0.29, 0.717) is 10.3 Å². The highest BCUT2D eigenvalue weighted by Crippen LogP contribution is 2.28. The monoisotopic (exact) mass is 441 g/mol. The first-order valence-corrected chi connectivity index (χ1v) is 11.4. The highest BCUT2D eigenvalue weighted by Gasteiger charge is 2.23. The van der Waals surface area contributed by atoms with Crippen molar-refractivity contribution in [2.75, 3.05) is 23.3 Å². The Bertz CT molecular complexity index is 1260. The van der Waals surface area contributed by atoms with E-state index >= 15 is 0 Å². The van der Waals surface area contributed by atoms with E-state index < -0.39 is 5.69 Å². The lowest BCUT2D eigenvalue weighted by Crippen LogP contribution is -2.41. The Morgan fingerprint density at radius 1 is 1.10 bits per heavy atom. The van der Waals surface area contributed by atoms with Crippen LogP contribution in [0.3, 0.4) is 0 Å². The summed E-state index contributed by atoms with van der Waals surface area (Å²) in [5, 5.41) is 3.67. The number of benzene rings is 1. The van der Waals surface area contributed by atoms with Crippen molar-refractivity contribution in [3.05, 3.63) is 49.7 Å². The molecular formula is C22H27N5O3S. The van der Waals surface area contributed by atoms with Gasteiger partial charge < -0.3 is 10.2 Å². The zero-order valence-electron chi connectivity index (χ0n) is 18.3. The van der Waals surface area contributed by atoms with E-state index in [1.54, 1.807) is 6.92 Å². The lowest BCUT2D eigenvalue weighted by atomic mass is 10.1. The molecule has 1 N–H and O–H groups in total. The normalized spacial score (nSPS) is 13.9. The minimum atomic E-state index is -0.509. The van der Waals surface area contributed by atoms with E-state index in [4.69, 9.17) is 0 Å². The largest absolute Gasteiger partial charge is 0.348 e. The Morgan fingerprint density at radius 3 is 2.35 bits per heavy atom. The first-order chi connectivity index (χ1) is 14.8. The van der Waals surface area contributed by atoms with Gasteiger partial charge in [0.05, 0.1) is 0 Å². The molecule has 0 spiro atoms. The Balaban J connectivity index is 1.75. The van der Waals surface area contributed by atoms with Crippen LogP contribution in [0.1, 0.15) is 36.5 Å². The smallest absolute Gasteiger partial charge is 0.333 e. The molecule has 1 aliphatic rings. The van der Waals surface area contributed by atoms with Crippen molar-refractivity contribution >= 4 is 38.4 Å². The minimum Gasteiger partial charge on any atom is -0.348 e. The average molecular weight is 442 g/mol. The molecule has 0 aliphatic carbocycles. The number of thiazole rings is 1. The molecule has 1 fully saturated rings. The fraction of sp³-hybridized carbons (Fsp3) is 0.455. The van der Waals surface area contributed by atoms with Gasteiger partial charge in [-0.1, -0.05) is 29.0 Å². The number of carbonyl (C=O) groups is 1. The molecule has 1 aliphatic heterocycles. The zero-order valence-corrected chi connectivity index (χ0v) is 19.1. The summed E-state index contributed by atoms with van der Waals surface area (Å²) in [6.07, 6.45) is 2.17. The minimum absolute atomic E-state index is 0.203. The fourth-order valence-corrected chi connectivity index (χ4v) is 5.30. The number of nitrogens with one attached hydrogen (secondary N) is 1. The van der Waals surface area contributed by atoms with Gasteiger partial charge in [0, 0.05) is 25.3 Å². The molecule has 3 heterocycles. The molecule has 4 rings (SSSR count). The second-order valence-electron chi connectivity index (χ2n) is 8.08. The molecule has 31 heavy (non-hydrogen) atoms. The van der Waals surface area contributed by atoms with Crippen LogP contribution in [-0.2, 0) is 17.9 Å². The zero-order chi connectivity index (χ0) is 22.3. The maximum Gasteiger partial charge on any atom is 0.333 e. The summed E-state index contributed by atoms with van der Waals surface area (Å²) in [4.78, 5) is 45.6. The highest BCUT2D eigenvalue weighted by molar-refractivity contribution is 7.22. The van der Waals surface area contributed by atoms with Gasteiger partial charge in [-0.15, -0.1) is 0 Å². The maximum absolute atomic E-state index is 13.0. The second kappa shape index (κ2) is 8.30. The van der Waals surface area contributed by atoms with E-state index in [0.717, 1.165) is 53.4 Å². The van der Waals surface area contributed by atoms with Crippen molar-refractivity contribution in [3.63, 3.8) is 0 Å². The van der Waals surface area contributed by atoms with Crippen molar-refractivity contribution < 1.29 is 4.79 Å². The van der Waals surface area contributed by atoms with E-state index in [1.807, 2.05) is 32.9 Å². The van der Waals surface area contributed by atoms with Crippen LogP contribution in [0.15, 0.2) is 21.7 Å². The predicted octanol–water partition coefficient (Wildman–Crippen LogP) is 2.80. The number of fused-ring (bicyclic) bond motifs is 1. The topological polar surface area (TPSA) is 89.2 Å². The van der Waals surface area contributed by atoms with Crippen molar-refractivity contribution in [3.8, 4) is 0 Å². The molecule has 0 bridgehead atoms. The number of carbonyl (C=O) groups excluding carboxylic acids is 1. The van der Waals surface area contributed by atoms with Crippen LogP contribution < -0.4 is 21.5 Å². The second-order valence-corrected chi connectivity index (χ2v) is 9.06. The summed E-state index contributed by atoms with van der Waals surface area (Å²) in [7, 11) is 0. The number of amides is 1. The Morgan fingerprint density at radius 2 is 1.74 bits per heavy atom. The molecule has 1 aromatic carbocycles. The number of aryl methyl sites for hydroxylation is 3. The Hall–Kier alpha value is -2.94. The number of aromatic nitrogens is 3. The van der Waals surface area contributed by atoms with Crippen LogP contribution in [0.5, 0.6) is 0 Å². The van der Waals surface area contributed by atoms with E-state index in [1.165, 1.54) is 20.5 Å².